The smallest absolute Gasteiger partial charge is 0.207 e. The van der Waals surface area contributed by atoms with Crippen molar-refractivity contribution in [1.29, 1.82) is 0 Å². The van der Waals surface area contributed by atoms with E-state index in [1.54, 1.807) is 0 Å². The van der Waals surface area contributed by atoms with Gasteiger partial charge in [-0.15, -0.1) is 0 Å². The SMILES string of the molecule is CC(C)(C)c1nsc(Nc2ccc(N3CCSCC3)cc2)n1. The molecule has 2 aromatic rings. The van der Waals surface area contributed by atoms with E-state index in [2.05, 4.69) is 64.6 Å². The van der Waals surface area contributed by atoms with Crippen LogP contribution in [-0.2, 0) is 5.41 Å². The number of hydrogen-bond donors (Lipinski definition) is 1. The van der Waals surface area contributed by atoms with Crippen molar-refractivity contribution in [2.45, 2.75) is 26.2 Å². The molecule has 1 N–H and O–H groups in total. The van der Waals surface area contributed by atoms with Crippen molar-refractivity contribution in [3.8, 4) is 0 Å². The highest BCUT2D eigenvalue weighted by Gasteiger charge is 2.19. The number of anilines is 3. The number of thioether (sulfide) groups is 1. The third-order valence-electron chi connectivity index (χ3n) is 3.59. The van der Waals surface area contributed by atoms with E-state index in [9.17, 15) is 0 Å². The van der Waals surface area contributed by atoms with Crippen LogP contribution in [0.5, 0.6) is 0 Å². The summed E-state index contributed by atoms with van der Waals surface area (Å²) in [7, 11) is 0. The van der Waals surface area contributed by atoms with Gasteiger partial charge in [-0.3, -0.25) is 0 Å². The summed E-state index contributed by atoms with van der Waals surface area (Å²) < 4.78 is 4.43. The van der Waals surface area contributed by atoms with Gasteiger partial charge >= 0.3 is 0 Å². The lowest BCUT2D eigenvalue weighted by Gasteiger charge is -2.28. The molecule has 1 aromatic carbocycles. The number of rotatable bonds is 3. The second-order valence-electron chi connectivity index (χ2n) is 6.44. The second-order valence-corrected chi connectivity index (χ2v) is 8.42. The Morgan fingerprint density at radius 3 is 2.36 bits per heavy atom. The Kier molecular flexibility index (Phi) is 4.59. The van der Waals surface area contributed by atoms with Gasteiger partial charge in [-0.05, 0) is 24.3 Å². The Hall–Kier alpha value is -1.27. The van der Waals surface area contributed by atoms with Crippen LogP contribution in [0, 0.1) is 0 Å². The molecule has 22 heavy (non-hydrogen) atoms. The van der Waals surface area contributed by atoms with Crippen molar-refractivity contribution in [3.05, 3.63) is 30.1 Å². The first-order valence-electron chi connectivity index (χ1n) is 7.56. The van der Waals surface area contributed by atoms with Crippen LogP contribution in [0.2, 0.25) is 0 Å². The van der Waals surface area contributed by atoms with Gasteiger partial charge in [0.1, 0.15) is 5.82 Å². The van der Waals surface area contributed by atoms with Crippen molar-refractivity contribution >= 4 is 39.8 Å². The molecule has 2 heterocycles. The molecule has 0 amide bonds. The van der Waals surface area contributed by atoms with Gasteiger partial charge in [0.2, 0.25) is 5.13 Å². The molecule has 0 aliphatic carbocycles. The maximum atomic E-state index is 4.57. The molecule has 0 saturated carbocycles. The molecule has 1 aromatic heterocycles. The molecule has 1 aliphatic rings. The largest absolute Gasteiger partial charge is 0.370 e. The molecule has 0 bridgehead atoms. The highest BCUT2D eigenvalue weighted by Crippen LogP contribution is 2.26. The van der Waals surface area contributed by atoms with Crippen molar-refractivity contribution in [1.82, 2.24) is 9.36 Å². The quantitative estimate of drug-likeness (QED) is 0.914. The first-order chi connectivity index (χ1) is 10.5. The summed E-state index contributed by atoms with van der Waals surface area (Å²) in [5.74, 6) is 3.34. The van der Waals surface area contributed by atoms with Crippen LogP contribution in [0.15, 0.2) is 24.3 Å². The maximum Gasteiger partial charge on any atom is 0.207 e. The van der Waals surface area contributed by atoms with Gasteiger partial charge in [0, 0.05) is 52.9 Å². The van der Waals surface area contributed by atoms with Gasteiger partial charge in [-0.25, -0.2) is 4.98 Å². The van der Waals surface area contributed by atoms with E-state index in [1.165, 1.54) is 28.7 Å². The molecule has 3 rings (SSSR count). The van der Waals surface area contributed by atoms with Crippen molar-refractivity contribution in [3.63, 3.8) is 0 Å². The monoisotopic (exact) mass is 334 g/mol. The second kappa shape index (κ2) is 6.46. The number of aromatic nitrogens is 2. The molecule has 1 aliphatic heterocycles. The van der Waals surface area contributed by atoms with Gasteiger partial charge in [0.15, 0.2) is 0 Å². The summed E-state index contributed by atoms with van der Waals surface area (Å²) in [4.78, 5) is 7.02. The predicted octanol–water partition coefficient (Wildman–Crippen LogP) is 4.13. The van der Waals surface area contributed by atoms with Crippen LogP contribution in [-0.4, -0.2) is 34.0 Å². The summed E-state index contributed by atoms with van der Waals surface area (Å²) in [5.41, 5.74) is 2.36. The van der Waals surface area contributed by atoms with E-state index < -0.39 is 0 Å². The van der Waals surface area contributed by atoms with Crippen LogP contribution in [0.25, 0.3) is 0 Å². The average Bonchev–Trinajstić information content (AvgIpc) is 2.98. The molecule has 0 unspecified atom stereocenters. The number of hydrogen-bond acceptors (Lipinski definition) is 6. The Bertz CT molecular complexity index is 610. The van der Waals surface area contributed by atoms with Crippen LogP contribution >= 0.6 is 23.3 Å². The van der Waals surface area contributed by atoms with E-state index in [0.717, 1.165) is 29.7 Å². The minimum atomic E-state index is -0.00738. The summed E-state index contributed by atoms with van der Waals surface area (Å²) in [5, 5.41) is 4.20. The van der Waals surface area contributed by atoms with E-state index in [1.807, 2.05) is 11.8 Å². The standard InChI is InChI=1S/C16H22N4S2/c1-16(2,3)14-18-15(22-19-14)17-12-4-6-13(7-5-12)20-8-10-21-11-9-20/h4-7H,8-11H2,1-3H3,(H,17,18,19). The van der Waals surface area contributed by atoms with E-state index >= 15 is 0 Å². The molecular weight excluding hydrogens is 312 g/mol. The zero-order valence-electron chi connectivity index (χ0n) is 13.3. The van der Waals surface area contributed by atoms with Crippen molar-refractivity contribution < 1.29 is 0 Å². The Morgan fingerprint density at radius 2 is 1.77 bits per heavy atom. The minimum absolute atomic E-state index is 0.00738. The topological polar surface area (TPSA) is 41.1 Å². The number of nitrogens with zero attached hydrogens (tertiary/aromatic N) is 3. The zero-order valence-corrected chi connectivity index (χ0v) is 14.9. The lowest BCUT2D eigenvalue weighted by Crippen LogP contribution is -2.32. The van der Waals surface area contributed by atoms with E-state index in [0.29, 0.717) is 0 Å². The Labute approximate surface area is 140 Å². The number of nitrogens with one attached hydrogen (secondary N) is 1. The molecule has 0 spiro atoms. The highest BCUT2D eigenvalue weighted by atomic mass is 32.2. The summed E-state index contributed by atoms with van der Waals surface area (Å²) in [6.45, 7) is 8.67. The first kappa shape index (κ1) is 15.6. The fourth-order valence-electron chi connectivity index (χ4n) is 2.28. The summed E-state index contributed by atoms with van der Waals surface area (Å²) >= 11 is 3.45. The number of benzene rings is 1. The third-order valence-corrected chi connectivity index (χ3v) is 5.16. The lowest BCUT2D eigenvalue weighted by atomic mass is 9.96. The lowest BCUT2D eigenvalue weighted by molar-refractivity contribution is 0.555. The van der Waals surface area contributed by atoms with Gasteiger partial charge in [-0.1, -0.05) is 20.8 Å². The average molecular weight is 335 g/mol. The fourth-order valence-corrected chi connectivity index (χ4v) is 3.96. The minimum Gasteiger partial charge on any atom is -0.370 e. The maximum absolute atomic E-state index is 4.57. The zero-order chi connectivity index (χ0) is 15.6. The van der Waals surface area contributed by atoms with Crippen molar-refractivity contribution in [2.24, 2.45) is 0 Å². The van der Waals surface area contributed by atoms with Crippen LogP contribution in [0.3, 0.4) is 0 Å². The Morgan fingerprint density at radius 1 is 1.09 bits per heavy atom. The molecule has 1 saturated heterocycles. The summed E-state index contributed by atoms with van der Waals surface area (Å²) in [6.07, 6.45) is 0. The fraction of sp³-hybridized carbons (Fsp3) is 0.500. The van der Waals surface area contributed by atoms with Crippen molar-refractivity contribution in [2.75, 3.05) is 34.8 Å². The third kappa shape index (κ3) is 3.73. The van der Waals surface area contributed by atoms with Crippen LogP contribution in [0.1, 0.15) is 26.6 Å². The van der Waals surface area contributed by atoms with E-state index in [4.69, 9.17) is 0 Å². The molecule has 4 nitrogen and oxygen atoms in total. The molecular formula is C16H22N4S2. The molecule has 0 atom stereocenters. The van der Waals surface area contributed by atoms with Gasteiger partial charge in [-0.2, -0.15) is 16.1 Å². The predicted molar refractivity (Wildman–Crippen MR) is 97.9 cm³/mol. The Balaban J connectivity index is 1.67. The molecule has 118 valence electrons. The van der Waals surface area contributed by atoms with Gasteiger partial charge in [0.05, 0.1) is 0 Å². The van der Waals surface area contributed by atoms with Crippen LogP contribution < -0.4 is 10.2 Å². The van der Waals surface area contributed by atoms with Gasteiger partial charge in [0.25, 0.3) is 0 Å². The normalized spacial score (nSPS) is 15.9. The summed E-state index contributed by atoms with van der Waals surface area (Å²) in [6, 6.07) is 8.61. The van der Waals surface area contributed by atoms with Gasteiger partial charge < -0.3 is 10.2 Å². The van der Waals surface area contributed by atoms with Crippen LogP contribution in [0.4, 0.5) is 16.5 Å². The molecule has 0 radical (unpaired) electrons. The highest BCUT2D eigenvalue weighted by molar-refractivity contribution is 7.99. The molecule has 1 fully saturated rings. The van der Waals surface area contributed by atoms with E-state index in [-0.39, 0.29) is 5.41 Å². The first-order valence-corrected chi connectivity index (χ1v) is 9.49. The molecule has 6 heteroatoms.